The van der Waals surface area contributed by atoms with E-state index >= 15 is 0 Å². The summed E-state index contributed by atoms with van der Waals surface area (Å²) in [5.74, 6) is 0. The van der Waals surface area contributed by atoms with Gasteiger partial charge in [-0.05, 0) is 51.6 Å². The summed E-state index contributed by atoms with van der Waals surface area (Å²) in [6, 6.07) is 0. The van der Waals surface area contributed by atoms with E-state index in [9.17, 15) is 0 Å². The highest BCUT2D eigenvalue weighted by molar-refractivity contribution is 4.96. The van der Waals surface area contributed by atoms with Crippen LogP contribution in [0.25, 0.3) is 0 Å². The molecular formula is C12H22N. The maximum absolute atomic E-state index is 2.78. The maximum atomic E-state index is 2.78. The van der Waals surface area contributed by atoms with Gasteiger partial charge in [-0.2, -0.15) is 0 Å². The highest BCUT2D eigenvalue weighted by Crippen LogP contribution is 2.39. The summed E-state index contributed by atoms with van der Waals surface area (Å²) in [5.41, 5.74) is 0.619. The van der Waals surface area contributed by atoms with Gasteiger partial charge in [-0.25, -0.2) is 0 Å². The number of hydrogen-bond donors (Lipinski definition) is 0. The molecule has 0 spiro atoms. The summed E-state index contributed by atoms with van der Waals surface area (Å²) in [4.78, 5) is 2.78. The minimum Gasteiger partial charge on any atom is -0.298 e. The van der Waals surface area contributed by atoms with E-state index in [-0.39, 0.29) is 0 Å². The predicted octanol–water partition coefficient (Wildman–Crippen LogP) is 3.01. The average molecular weight is 180 g/mol. The summed E-state index contributed by atoms with van der Waals surface area (Å²) >= 11 is 0. The zero-order valence-electron chi connectivity index (χ0n) is 8.89. The van der Waals surface area contributed by atoms with E-state index in [1.807, 2.05) is 0 Å². The predicted molar refractivity (Wildman–Crippen MR) is 56.6 cm³/mol. The van der Waals surface area contributed by atoms with Gasteiger partial charge in [-0.15, -0.1) is 0 Å². The van der Waals surface area contributed by atoms with Crippen LogP contribution < -0.4 is 0 Å². The smallest absolute Gasteiger partial charge is 0.0207 e. The van der Waals surface area contributed by atoms with Crippen molar-refractivity contribution in [3.63, 3.8) is 0 Å². The van der Waals surface area contributed by atoms with Gasteiger partial charge in [0.05, 0.1) is 0 Å². The van der Waals surface area contributed by atoms with E-state index < -0.39 is 0 Å². The van der Waals surface area contributed by atoms with Crippen LogP contribution in [0, 0.1) is 6.42 Å². The van der Waals surface area contributed by atoms with Gasteiger partial charge in [-0.3, -0.25) is 4.90 Å². The molecule has 1 aliphatic heterocycles. The zero-order chi connectivity index (χ0) is 9.15. The number of piperidine rings is 1. The van der Waals surface area contributed by atoms with Gasteiger partial charge < -0.3 is 0 Å². The molecule has 1 aliphatic carbocycles. The number of rotatable bonds is 2. The lowest BCUT2D eigenvalue weighted by atomic mass is 9.90. The van der Waals surface area contributed by atoms with Crippen LogP contribution >= 0.6 is 0 Å². The summed E-state index contributed by atoms with van der Waals surface area (Å²) in [6.07, 6.45) is 12.3. The quantitative estimate of drug-likeness (QED) is 0.631. The molecule has 1 heterocycles. The second-order valence-electron chi connectivity index (χ2n) is 4.64. The molecule has 2 aliphatic rings. The molecule has 1 saturated heterocycles. The lowest BCUT2D eigenvalue weighted by molar-refractivity contribution is 0.0778. The first-order valence-electron chi connectivity index (χ1n) is 5.94. The second-order valence-corrected chi connectivity index (χ2v) is 4.64. The molecule has 75 valence electrons. The van der Waals surface area contributed by atoms with Gasteiger partial charge in [0, 0.05) is 5.54 Å². The molecular weight excluding hydrogens is 158 g/mol. The molecule has 1 heteroatoms. The standard InChI is InChI=1S/C12H22N/c1-2-12(8-4-5-9-12)13-10-6-3-7-11-13/h3H,2,4-11H2,1H3. The van der Waals surface area contributed by atoms with Gasteiger partial charge >= 0.3 is 0 Å². The minimum absolute atomic E-state index is 0.619. The second kappa shape index (κ2) is 4.00. The molecule has 0 N–H and O–H groups in total. The highest BCUT2D eigenvalue weighted by atomic mass is 15.2. The van der Waals surface area contributed by atoms with Gasteiger partial charge in [0.25, 0.3) is 0 Å². The zero-order valence-corrected chi connectivity index (χ0v) is 8.89. The van der Waals surface area contributed by atoms with Gasteiger partial charge in [0.1, 0.15) is 0 Å². The Labute approximate surface area is 82.5 Å². The van der Waals surface area contributed by atoms with Crippen LogP contribution in [0.3, 0.4) is 0 Å². The van der Waals surface area contributed by atoms with E-state index in [4.69, 9.17) is 0 Å². The molecule has 0 aromatic heterocycles. The minimum atomic E-state index is 0.619. The van der Waals surface area contributed by atoms with Crippen molar-refractivity contribution >= 4 is 0 Å². The number of likely N-dealkylation sites (tertiary alicyclic amines) is 1. The Hall–Kier alpha value is -0.0400. The average Bonchev–Trinajstić information content (AvgIpc) is 2.69. The van der Waals surface area contributed by atoms with Gasteiger partial charge in [-0.1, -0.05) is 19.8 Å². The Balaban J connectivity index is 2.01. The molecule has 2 fully saturated rings. The number of nitrogens with zero attached hydrogens (tertiary/aromatic N) is 1. The van der Waals surface area contributed by atoms with Gasteiger partial charge in [0.15, 0.2) is 0 Å². The van der Waals surface area contributed by atoms with Crippen molar-refractivity contribution in [2.45, 2.75) is 57.4 Å². The van der Waals surface area contributed by atoms with E-state index in [0.29, 0.717) is 5.54 Å². The first-order chi connectivity index (χ1) is 6.37. The molecule has 2 rings (SSSR count). The molecule has 0 aromatic rings. The lowest BCUT2D eigenvalue weighted by Crippen LogP contribution is -2.48. The van der Waals surface area contributed by atoms with Crippen LogP contribution in [0.15, 0.2) is 0 Å². The van der Waals surface area contributed by atoms with Crippen molar-refractivity contribution in [2.24, 2.45) is 0 Å². The van der Waals surface area contributed by atoms with E-state index in [0.717, 1.165) is 0 Å². The SMILES string of the molecule is CCC1(N2CC[CH]CC2)CCCC1. The van der Waals surface area contributed by atoms with Crippen molar-refractivity contribution < 1.29 is 0 Å². The molecule has 1 saturated carbocycles. The van der Waals surface area contributed by atoms with Crippen LogP contribution in [0.5, 0.6) is 0 Å². The van der Waals surface area contributed by atoms with Crippen molar-refractivity contribution in [3.05, 3.63) is 6.42 Å². The highest BCUT2D eigenvalue weighted by Gasteiger charge is 2.37. The Kier molecular flexibility index (Phi) is 2.92. The van der Waals surface area contributed by atoms with Gasteiger partial charge in [0.2, 0.25) is 0 Å². The largest absolute Gasteiger partial charge is 0.298 e. The molecule has 0 bridgehead atoms. The van der Waals surface area contributed by atoms with E-state index in [1.165, 1.54) is 58.0 Å². The van der Waals surface area contributed by atoms with Crippen LogP contribution in [0.2, 0.25) is 0 Å². The summed E-state index contributed by atoms with van der Waals surface area (Å²) in [6.45, 7) is 5.03. The molecule has 1 radical (unpaired) electrons. The normalized spacial score (nSPS) is 29.3. The third-order valence-electron chi connectivity index (χ3n) is 4.07. The first kappa shape index (κ1) is 9.51. The van der Waals surface area contributed by atoms with E-state index in [1.54, 1.807) is 0 Å². The van der Waals surface area contributed by atoms with Crippen LogP contribution in [-0.2, 0) is 0 Å². The van der Waals surface area contributed by atoms with Crippen molar-refractivity contribution in [3.8, 4) is 0 Å². The molecule has 1 nitrogen and oxygen atoms in total. The van der Waals surface area contributed by atoms with Crippen LogP contribution in [-0.4, -0.2) is 23.5 Å². The molecule has 0 atom stereocenters. The number of hydrogen-bond acceptors (Lipinski definition) is 1. The Bertz CT molecular complexity index is 153. The Morgan fingerprint density at radius 2 is 1.77 bits per heavy atom. The summed E-state index contributed by atoms with van der Waals surface area (Å²) in [7, 11) is 0. The fourth-order valence-electron chi connectivity index (χ4n) is 3.15. The topological polar surface area (TPSA) is 3.24 Å². The molecule has 13 heavy (non-hydrogen) atoms. The third kappa shape index (κ3) is 1.76. The fourth-order valence-corrected chi connectivity index (χ4v) is 3.15. The monoisotopic (exact) mass is 180 g/mol. The first-order valence-corrected chi connectivity index (χ1v) is 5.94. The van der Waals surface area contributed by atoms with E-state index in [2.05, 4.69) is 18.2 Å². The van der Waals surface area contributed by atoms with Crippen molar-refractivity contribution in [2.75, 3.05) is 13.1 Å². The Morgan fingerprint density at radius 3 is 2.31 bits per heavy atom. The summed E-state index contributed by atoms with van der Waals surface area (Å²) in [5, 5.41) is 0. The van der Waals surface area contributed by atoms with Crippen molar-refractivity contribution in [1.82, 2.24) is 4.90 Å². The third-order valence-corrected chi connectivity index (χ3v) is 4.07. The molecule has 0 unspecified atom stereocenters. The summed E-state index contributed by atoms with van der Waals surface area (Å²) < 4.78 is 0. The van der Waals surface area contributed by atoms with Crippen molar-refractivity contribution in [1.29, 1.82) is 0 Å². The Morgan fingerprint density at radius 1 is 1.15 bits per heavy atom. The molecule has 0 amide bonds. The lowest BCUT2D eigenvalue weighted by Gasteiger charge is -2.43. The van der Waals surface area contributed by atoms with Crippen LogP contribution in [0.1, 0.15) is 51.9 Å². The molecule has 0 aromatic carbocycles. The maximum Gasteiger partial charge on any atom is 0.0207 e. The van der Waals surface area contributed by atoms with Crippen LogP contribution in [0.4, 0.5) is 0 Å². The fraction of sp³-hybridized carbons (Fsp3) is 0.917.